The fourth-order valence-electron chi connectivity index (χ4n) is 7.82. The molecule has 0 fully saturated rings. The van der Waals surface area contributed by atoms with Crippen LogP contribution < -0.4 is 0 Å². The van der Waals surface area contributed by atoms with Crippen molar-refractivity contribution in [3.05, 3.63) is 176 Å². The number of fused-ring (bicyclic) bond motifs is 7. The van der Waals surface area contributed by atoms with Crippen LogP contribution in [0.5, 0.6) is 0 Å². The average Bonchev–Trinajstić information content (AvgIpc) is 3.16. The Kier molecular flexibility index (Phi) is 5.94. The van der Waals surface area contributed by atoms with E-state index in [1.165, 1.54) is 76.1 Å². The normalized spacial score (nSPS) is 11.8. The van der Waals surface area contributed by atoms with Crippen LogP contribution in [0.4, 0.5) is 0 Å². The first-order valence-electron chi connectivity index (χ1n) is 16.6. The summed E-state index contributed by atoms with van der Waals surface area (Å²) in [4.78, 5) is 5.32. The van der Waals surface area contributed by atoms with E-state index in [1.807, 2.05) is 0 Å². The van der Waals surface area contributed by atoms with E-state index in [0.717, 1.165) is 22.2 Å². The van der Waals surface area contributed by atoms with Crippen LogP contribution >= 0.6 is 0 Å². The van der Waals surface area contributed by atoms with E-state index in [9.17, 15) is 0 Å². The van der Waals surface area contributed by atoms with E-state index in [0.29, 0.717) is 0 Å². The maximum atomic E-state index is 5.32. The quantitative estimate of drug-likeness (QED) is 0.144. The number of pyridine rings is 1. The molecule has 10 aromatic rings. The van der Waals surface area contributed by atoms with E-state index >= 15 is 0 Å². The zero-order valence-electron chi connectivity index (χ0n) is 26.2. The molecule has 222 valence electrons. The second kappa shape index (κ2) is 10.6. The molecular formula is C47H29N. The van der Waals surface area contributed by atoms with Crippen LogP contribution in [0.15, 0.2) is 176 Å². The van der Waals surface area contributed by atoms with E-state index in [2.05, 4.69) is 176 Å². The molecule has 0 unspecified atom stereocenters. The van der Waals surface area contributed by atoms with Crippen LogP contribution in [0.2, 0.25) is 0 Å². The predicted molar refractivity (Wildman–Crippen MR) is 206 cm³/mol. The van der Waals surface area contributed by atoms with Gasteiger partial charge < -0.3 is 0 Å². The molecular weight excluding hydrogens is 579 g/mol. The first-order valence-corrected chi connectivity index (χ1v) is 16.6. The molecule has 1 nitrogen and oxygen atoms in total. The summed E-state index contributed by atoms with van der Waals surface area (Å²) in [6.45, 7) is 0. The van der Waals surface area contributed by atoms with E-state index in [4.69, 9.17) is 4.98 Å². The Labute approximate surface area is 278 Å². The Morgan fingerprint density at radius 2 is 0.750 bits per heavy atom. The lowest BCUT2D eigenvalue weighted by Gasteiger charge is -2.20. The van der Waals surface area contributed by atoms with Crippen molar-refractivity contribution in [2.45, 2.75) is 0 Å². The molecule has 0 bridgehead atoms. The molecule has 9 aromatic carbocycles. The second-order valence-corrected chi connectivity index (χ2v) is 12.7. The summed E-state index contributed by atoms with van der Waals surface area (Å²) in [5, 5.41) is 13.5. The Balaban J connectivity index is 1.35. The lowest BCUT2D eigenvalue weighted by molar-refractivity contribution is 1.42. The summed E-state index contributed by atoms with van der Waals surface area (Å²) in [5.74, 6) is 0. The maximum Gasteiger partial charge on any atom is 0.0787 e. The van der Waals surface area contributed by atoms with Crippen LogP contribution in [0.3, 0.4) is 0 Å². The highest BCUT2D eigenvalue weighted by Gasteiger charge is 2.20. The number of nitrogens with zero attached hydrogens (tertiary/aromatic N) is 1. The number of hydrogen-bond donors (Lipinski definition) is 0. The highest BCUT2D eigenvalue weighted by molar-refractivity contribution is 6.25. The average molecular weight is 608 g/mol. The molecule has 1 aromatic heterocycles. The van der Waals surface area contributed by atoms with Crippen molar-refractivity contribution >= 4 is 64.8 Å². The molecule has 0 aliphatic carbocycles. The van der Waals surface area contributed by atoms with Crippen molar-refractivity contribution in [2.24, 2.45) is 0 Å². The lowest BCUT2D eigenvalue weighted by Crippen LogP contribution is -1.94. The van der Waals surface area contributed by atoms with Crippen molar-refractivity contribution in [3.8, 4) is 33.5 Å². The molecule has 0 radical (unpaired) electrons. The van der Waals surface area contributed by atoms with Gasteiger partial charge in [-0.1, -0.05) is 164 Å². The van der Waals surface area contributed by atoms with Gasteiger partial charge >= 0.3 is 0 Å². The summed E-state index contributed by atoms with van der Waals surface area (Å²) >= 11 is 0. The van der Waals surface area contributed by atoms with Gasteiger partial charge in [0.2, 0.25) is 0 Å². The van der Waals surface area contributed by atoms with Crippen molar-refractivity contribution in [1.29, 1.82) is 0 Å². The van der Waals surface area contributed by atoms with Gasteiger partial charge in [0.15, 0.2) is 0 Å². The fraction of sp³-hybridized carbons (Fsp3) is 0. The van der Waals surface area contributed by atoms with E-state index in [1.54, 1.807) is 0 Å². The molecule has 0 spiro atoms. The monoisotopic (exact) mass is 607 g/mol. The lowest BCUT2D eigenvalue weighted by atomic mass is 9.83. The maximum absolute atomic E-state index is 5.32. The largest absolute Gasteiger partial charge is 0.247 e. The highest BCUT2D eigenvalue weighted by Crippen LogP contribution is 2.47. The van der Waals surface area contributed by atoms with Crippen LogP contribution in [0.25, 0.3) is 98.3 Å². The molecule has 0 saturated heterocycles. The molecule has 0 aliphatic rings. The number of aromatic nitrogens is 1. The molecule has 0 amide bonds. The van der Waals surface area contributed by atoms with Gasteiger partial charge in [0.25, 0.3) is 0 Å². The molecule has 0 saturated carbocycles. The summed E-state index contributed by atoms with van der Waals surface area (Å²) < 4.78 is 0. The Morgan fingerprint density at radius 3 is 1.40 bits per heavy atom. The zero-order valence-corrected chi connectivity index (χ0v) is 26.2. The molecule has 1 heteroatoms. The fourth-order valence-corrected chi connectivity index (χ4v) is 7.82. The summed E-state index contributed by atoms with van der Waals surface area (Å²) in [7, 11) is 0. The van der Waals surface area contributed by atoms with Gasteiger partial charge in [0.1, 0.15) is 0 Å². The Morgan fingerprint density at radius 1 is 0.292 bits per heavy atom. The molecule has 48 heavy (non-hydrogen) atoms. The third kappa shape index (κ3) is 4.08. The third-order valence-electron chi connectivity index (χ3n) is 10.0. The van der Waals surface area contributed by atoms with Crippen molar-refractivity contribution in [3.63, 3.8) is 0 Å². The predicted octanol–water partition coefficient (Wildman–Crippen LogP) is 13.0. The minimum atomic E-state index is 0.976. The number of benzene rings is 9. The van der Waals surface area contributed by atoms with E-state index in [-0.39, 0.29) is 0 Å². The van der Waals surface area contributed by atoms with E-state index < -0.39 is 0 Å². The first kappa shape index (κ1) is 26.9. The zero-order chi connectivity index (χ0) is 31.6. The summed E-state index contributed by atoms with van der Waals surface area (Å²) in [6, 6.07) is 64.0. The molecule has 0 atom stereocenters. The summed E-state index contributed by atoms with van der Waals surface area (Å²) in [6.07, 6.45) is 0. The minimum absolute atomic E-state index is 0.976. The van der Waals surface area contributed by atoms with Gasteiger partial charge in [-0.15, -0.1) is 0 Å². The van der Waals surface area contributed by atoms with Crippen LogP contribution in [-0.4, -0.2) is 4.98 Å². The standard InChI is InChI=1S/C47H29N/c1-4-16-35-30(11-1)14-9-21-38(35)45-40-19-7-8-20-41(40)46(39-22-10-15-31-12-2-5-17-36(31)39)43-29-34(25-27-42(43)45)44-28-26-33-24-23-32-13-3-6-18-37(32)47(33)48-44/h1-29H. The summed E-state index contributed by atoms with van der Waals surface area (Å²) in [5.41, 5.74) is 8.15. The number of rotatable bonds is 3. The Hall–Kier alpha value is -6.31. The highest BCUT2D eigenvalue weighted by atomic mass is 14.7. The smallest absolute Gasteiger partial charge is 0.0787 e. The molecule has 1 heterocycles. The minimum Gasteiger partial charge on any atom is -0.247 e. The van der Waals surface area contributed by atoms with Crippen molar-refractivity contribution < 1.29 is 0 Å². The van der Waals surface area contributed by atoms with Gasteiger partial charge in [-0.3, -0.25) is 0 Å². The van der Waals surface area contributed by atoms with Crippen LogP contribution in [0.1, 0.15) is 0 Å². The van der Waals surface area contributed by atoms with Gasteiger partial charge in [0.05, 0.1) is 11.2 Å². The topological polar surface area (TPSA) is 12.9 Å². The number of hydrogen-bond acceptors (Lipinski definition) is 1. The van der Waals surface area contributed by atoms with Crippen molar-refractivity contribution in [2.75, 3.05) is 0 Å². The third-order valence-corrected chi connectivity index (χ3v) is 10.0. The second-order valence-electron chi connectivity index (χ2n) is 12.7. The van der Waals surface area contributed by atoms with Gasteiger partial charge in [0, 0.05) is 16.3 Å². The van der Waals surface area contributed by atoms with Gasteiger partial charge in [-0.2, -0.15) is 0 Å². The molecule has 0 N–H and O–H groups in total. The SMILES string of the molecule is c1ccc2c(-c3c4ccccc4c(-c4cccc5ccccc45)c4cc(-c5ccc6ccc7ccccc7c6n5)ccc34)cccc2c1. The Bertz CT molecular complexity index is 2890. The molecule has 10 rings (SSSR count). The molecule has 0 aliphatic heterocycles. The van der Waals surface area contributed by atoms with Crippen LogP contribution in [0, 0.1) is 0 Å². The van der Waals surface area contributed by atoms with Crippen LogP contribution in [-0.2, 0) is 0 Å². The van der Waals surface area contributed by atoms with Crippen molar-refractivity contribution in [1.82, 2.24) is 4.98 Å². The van der Waals surface area contributed by atoms with Gasteiger partial charge in [-0.25, -0.2) is 4.98 Å². The van der Waals surface area contributed by atoms with Gasteiger partial charge in [-0.05, 0) is 82.9 Å². The first-order chi connectivity index (χ1) is 23.8.